The molecular weight excluding hydrogens is 430 g/mol. The molecule has 2 heterocycles. The molecule has 1 unspecified atom stereocenters. The zero-order valence-corrected chi connectivity index (χ0v) is 19.6. The number of fused-ring (bicyclic) bond motifs is 2. The summed E-state index contributed by atoms with van der Waals surface area (Å²) in [6.07, 6.45) is 3.10. The van der Waals surface area contributed by atoms with Crippen LogP contribution in [0.25, 0.3) is 0 Å². The fraction of sp³-hybridized carbons (Fsp3) is 0.296. The Balaban J connectivity index is 1.41. The zero-order chi connectivity index (χ0) is 23.8. The second kappa shape index (κ2) is 8.82. The fourth-order valence-electron chi connectivity index (χ4n) is 4.89. The summed E-state index contributed by atoms with van der Waals surface area (Å²) in [7, 11) is 1.58. The van der Waals surface area contributed by atoms with Gasteiger partial charge in [0.05, 0.1) is 12.8 Å². The minimum absolute atomic E-state index is 0.0587. The highest BCUT2D eigenvalue weighted by Gasteiger charge is 2.36. The number of hydrazone groups is 1. The first-order valence-electron chi connectivity index (χ1n) is 11.5. The molecule has 34 heavy (non-hydrogen) atoms. The Bertz CT molecular complexity index is 1290. The van der Waals surface area contributed by atoms with Gasteiger partial charge in [0.2, 0.25) is 0 Å². The van der Waals surface area contributed by atoms with Gasteiger partial charge in [-0.1, -0.05) is 18.2 Å². The van der Waals surface area contributed by atoms with Gasteiger partial charge in [-0.15, -0.1) is 0 Å². The highest BCUT2D eigenvalue weighted by Crippen LogP contribution is 2.36. The number of amides is 2. The summed E-state index contributed by atoms with van der Waals surface area (Å²) in [5.74, 6) is 1.35. The summed E-state index contributed by atoms with van der Waals surface area (Å²) in [5, 5.41) is 4.43. The molecule has 1 aliphatic heterocycles. The van der Waals surface area contributed by atoms with Gasteiger partial charge in [-0.05, 0) is 69.0 Å². The normalized spacial score (nSPS) is 17.9. The van der Waals surface area contributed by atoms with Gasteiger partial charge >= 0.3 is 0 Å². The summed E-state index contributed by atoms with van der Waals surface area (Å²) in [6.45, 7) is 3.95. The van der Waals surface area contributed by atoms with Crippen molar-refractivity contribution in [1.82, 2.24) is 5.43 Å². The number of anilines is 1. The maximum atomic E-state index is 13.6. The molecule has 0 fully saturated rings. The number of hydrogen-bond acceptors (Lipinski definition) is 5. The summed E-state index contributed by atoms with van der Waals surface area (Å²) in [6, 6.07) is 14.9. The molecule has 1 aliphatic carbocycles. The number of nitrogens with one attached hydrogen (secondary N) is 1. The molecule has 1 aromatic heterocycles. The number of rotatable bonds is 4. The number of ether oxygens (including phenoxy) is 1. The van der Waals surface area contributed by atoms with Crippen LogP contribution in [0.15, 0.2) is 58.0 Å². The SMILES string of the molecule is COc1ccc(C(=O)N/N=C2\CCCc3oc(C(=O)N4c5ccccc5CC4C)c(C)c32)cc1. The van der Waals surface area contributed by atoms with E-state index in [0.29, 0.717) is 23.5 Å². The first-order chi connectivity index (χ1) is 16.5. The molecule has 5 rings (SSSR count). The lowest BCUT2D eigenvalue weighted by atomic mass is 9.93. The van der Waals surface area contributed by atoms with E-state index >= 15 is 0 Å². The number of carbonyl (C=O) groups is 2. The first kappa shape index (κ1) is 21.9. The molecule has 0 spiro atoms. The van der Waals surface area contributed by atoms with E-state index in [-0.39, 0.29) is 17.9 Å². The van der Waals surface area contributed by atoms with Gasteiger partial charge < -0.3 is 14.1 Å². The number of aryl methyl sites for hydroxylation is 1. The quantitative estimate of drug-likeness (QED) is 0.578. The topological polar surface area (TPSA) is 84.1 Å². The van der Waals surface area contributed by atoms with E-state index in [0.717, 1.165) is 47.5 Å². The molecule has 7 heteroatoms. The number of carbonyl (C=O) groups excluding carboxylic acids is 2. The van der Waals surface area contributed by atoms with Crippen LogP contribution in [0.3, 0.4) is 0 Å². The standard InChI is InChI=1S/C27H27N3O4/c1-16-15-19-7-4-5-9-22(19)30(16)27(32)25-17(2)24-21(8-6-10-23(24)34-25)28-29-26(31)18-11-13-20(33-3)14-12-18/h4-5,7,9,11-14,16H,6,8,10,15H2,1-3H3,(H,29,31)/b28-21+. The van der Waals surface area contributed by atoms with Crippen LogP contribution in [-0.4, -0.2) is 30.7 Å². The molecule has 2 amide bonds. The Morgan fingerprint density at radius 2 is 1.88 bits per heavy atom. The summed E-state index contributed by atoms with van der Waals surface area (Å²) in [5.41, 5.74) is 7.60. The summed E-state index contributed by atoms with van der Waals surface area (Å²) in [4.78, 5) is 28.0. The lowest BCUT2D eigenvalue weighted by Gasteiger charge is -2.21. The van der Waals surface area contributed by atoms with Crippen molar-refractivity contribution < 1.29 is 18.7 Å². The Morgan fingerprint density at radius 3 is 2.65 bits per heavy atom. The number of nitrogens with zero attached hydrogens (tertiary/aromatic N) is 2. The van der Waals surface area contributed by atoms with E-state index in [4.69, 9.17) is 9.15 Å². The monoisotopic (exact) mass is 457 g/mol. The minimum Gasteiger partial charge on any atom is -0.497 e. The molecule has 0 saturated heterocycles. The van der Waals surface area contributed by atoms with Gasteiger partial charge in [-0.2, -0.15) is 5.10 Å². The molecule has 0 bridgehead atoms. The van der Waals surface area contributed by atoms with Crippen molar-refractivity contribution >= 4 is 23.2 Å². The molecule has 0 radical (unpaired) electrons. The van der Waals surface area contributed by atoms with Crippen LogP contribution in [0.4, 0.5) is 5.69 Å². The van der Waals surface area contributed by atoms with Gasteiger partial charge in [-0.25, -0.2) is 5.43 Å². The lowest BCUT2D eigenvalue weighted by Crippen LogP contribution is -2.35. The van der Waals surface area contributed by atoms with E-state index < -0.39 is 0 Å². The van der Waals surface area contributed by atoms with Crippen molar-refractivity contribution in [3.8, 4) is 5.75 Å². The third-order valence-electron chi connectivity index (χ3n) is 6.59. The molecule has 174 valence electrons. The van der Waals surface area contributed by atoms with Crippen LogP contribution in [0.2, 0.25) is 0 Å². The Hall–Kier alpha value is -3.87. The van der Waals surface area contributed by atoms with E-state index in [1.54, 1.807) is 31.4 Å². The summed E-state index contributed by atoms with van der Waals surface area (Å²) < 4.78 is 11.3. The Labute approximate surface area is 198 Å². The maximum Gasteiger partial charge on any atom is 0.294 e. The van der Waals surface area contributed by atoms with E-state index in [9.17, 15) is 9.59 Å². The number of methoxy groups -OCH3 is 1. The Morgan fingerprint density at radius 1 is 1.12 bits per heavy atom. The van der Waals surface area contributed by atoms with Crippen molar-refractivity contribution in [2.24, 2.45) is 5.10 Å². The molecule has 0 saturated carbocycles. The van der Waals surface area contributed by atoms with Gasteiger partial charge in [0, 0.05) is 34.8 Å². The first-order valence-corrected chi connectivity index (χ1v) is 11.5. The van der Waals surface area contributed by atoms with E-state index in [2.05, 4.69) is 23.5 Å². The van der Waals surface area contributed by atoms with Crippen molar-refractivity contribution in [2.75, 3.05) is 12.0 Å². The van der Waals surface area contributed by atoms with Gasteiger partial charge in [0.25, 0.3) is 11.8 Å². The minimum atomic E-state index is -0.303. The lowest BCUT2D eigenvalue weighted by molar-refractivity contribution is 0.0946. The van der Waals surface area contributed by atoms with Gasteiger partial charge in [0.1, 0.15) is 11.5 Å². The molecule has 3 aromatic rings. The van der Waals surface area contributed by atoms with Crippen LogP contribution >= 0.6 is 0 Å². The van der Waals surface area contributed by atoms with E-state index in [1.807, 2.05) is 30.0 Å². The average Bonchev–Trinajstić information content (AvgIpc) is 3.38. The van der Waals surface area contributed by atoms with Crippen molar-refractivity contribution in [3.05, 3.63) is 82.3 Å². The predicted octanol–water partition coefficient (Wildman–Crippen LogP) is 4.66. The maximum absolute atomic E-state index is 13.6. The zero-order valence-electron chi connectivity index (χ0n) is 19.6. The number of furan rings is 1. The molecule has 7 nitrogen and oxygen atoms in total. The number of hydrogen-bond donors (Lipinski definition) is 1. The van der Waals surface area contributed by atoms with Gasteiger partial charge in [-0.3, -0.25) is 9.59 Å². The van der Waals surface area contributed by atoms with Crippen LogP contribution in [0.5, 0.6) is 5.75 Å². The summed E-state index contributed by atoms with van der Waals surface area (Å²) >= 11 is 0. The van der Waals surface area contributed by atoms with E-state index in [1.165, 1.54) is 5.56 Å². The largest absolute Gasteiger partial charge is 0.497 e. The van der Waals surface area contributed by atoms with Crippen LogP contribution < -0.4 is 15.1 Å². The Kier molecular flexibility index (Phi) is 5.69. The average molecular weight is 458 g/mol. The van der Waals surface area contributed by atoms with Crippen molar-refractivity contribution in [3.63, 3.8) is 0 Å². The van der Waals surface area contributed by atoms with Gasteiger partial charge in [0.15, 0.2) is 5.76 Å². The second-order valence-corrected chi connectivity index (χ2v) is 8.79. The smallest absolute Gasteiger partial charge is 0.294 e. The molecule has 2 aromatic carbocycles. The predicted molar refractivity (Wildman–Crippen MR) is 130 cm³/mol. The van der Waals surface area contributed by atoms with Crippen LogP contribution in [0, 0.1) is 6.92 Å². The van der Waals surface area contributed by atoms with Crippen LogP contribution in [-0.2, 0) is 12.8 Å². The third kappa shape index (κ3) is 3.77. The highest BCUT2D eigenvalue weighted by molar-refractivity contribution is 6.11. The van der Waals surface area contributed by atoms with Crippen LogP contribution in [0.1, 0.15) is 63.1 Å². The highest BCUT2D eigenvalue weighted by atomic mass is 16.5. The number of benzene rings is 2. The van der Waals surface area contributed by atoms with Crippen molar-refractivity contribution in [2.45, 2.75) is 45.6 Å². The molecule has 1 atom stereocenters. The molecular formula is C27H27N3O4. The molecule has 2 aliphatic rings. The second-order valence-electron chi connectivity index (χ2n) is 8.79. The third-order valence-corrected chi connectivity index (χ3v) is 6.59. The van der Waals surface area contributed by atoms with Crippen molar-refractivity contribution in [1.29, 1.82) is 0 Å². The molecule has 1 N–H and O–H groups in total. The number of para-hydroxylation sites is 1. The fourth-order valence-corrected chi connectivity index (χ4v) is 4.89.